The van der Waals surface area contributed by atoms with Gasteiger partial charge in [-0.25, -0.2) is 0 Å². The lowest BCUT2D eigenvalue weighted by atomic mass is 9.92. The van der Waals surface area contributed by atoms with Crippen LogP contribution < -0.4 is 0 Å². The van der Waals surface area contributed by atoms with Crippen molar-refractivity contribution in [2.45, 2.75) is 19.6 Å². The Balaban J connectivity index is 2.25. The average Bonchev–Trinajstić information content (AvgIpc) is 2.60. The van der Waals surface area contributed by atoms with Gasteiger partial charge in [-0.15, -0.1) is 5.54 Å². The SMILES string of the molecule is C[Si](C)(C)C#Cc1c(-c2ccccc2)cccc1-c1ccccc1. The Morgan fingerprint density at radius 1 is 0.583 bits per heavy atom. The molecule has 0 aromatic heterocycles. The lowest BCUT2D eigenvalue weighted by Crippen LogP contribution is -2.16. The first-order valence-electron chi connectivity index (χ1n) is 8.32. The maximum absolute atomic E-state index is 3.55. The van der Waals surface area contributed by atoms with E-state index in [0.29, 0.717) is 0 Å². The molecule has 0 saturated carbocycles. The second kappa shape index (κ2) is 6.91. The molecule has 24 heavy (non-hydrogen) atoms. The summed E-state index contributed by atoms with van der Waals surface area (Å²) in [7, 11) is -1.45. The fourth-order valence-corrected chi connectivity index (χ4v) is 3.15. The quantitative estimate of drug-likeness (QED) is 0.386. The highest BCUT2D eigenvalue weighted by Gasteiger charge is 2.12. The minimum absolute atomic E-state index is 1.14. The van der Waals surface area contributed by atoms with E-state index in [1.807, 2.05) is 0 Å². The van der Waals surface area contributed by atoms with E-state index in [4.69, 9.17) is 0 Å². The zero-order valence-corrected chi connectivity index (χ0v) is 15.5. The third kappa shape index (κ3) is 3.85. The van der Waals surface area contributed by atoms with Crippen LogP contribution >= 0.6 is 0 Å². The molecule has 118 valence electrons. The van der Waals surface area contributed by atoms with Crippen molar-refractivity contribution in [1.29, 1.82) is 0 Å². The molecule has 0 aliphatic carbocycles. The van der Waals surface area contributed by atoms with Gasteiger partial charge in [-0.3, -0.25) is 0 Å². The average molecular weight is 327 g/mol. The van der Waals surface area contributed by atoms with Crippen molar-refractivity contribution in [2.75, 3.05) is 0 Å². The van der Waals surface area contributed by atoms with Gasteiger partial charge in [0.2, 0.25) is 0 Å². The predicted octanol–water partition coefficient (Wildman–Crippen LogP) is 6.25. The lowest BCUT2D eigenvalue weighted by Gasteiger charge is -2.12. The van der Waals surface area contributed by atoms with E-state index in [2.05, 4.69) is 110 Å². The minimum Gasteiger partial charge on any atom is -0.127 e. The minimum atomic E-state index is -1.45. The molecule has 0 N–H and O–H groups in total. The maximum Gasteiger partial charge on any atom is 0.129 e. The molecule has 0 fully saturated rings. The summed E-state index contributed by atoms with van der Waals surface area (Å²) in [5.41, 5.74) is 9.54. The summed E-state index contributed by atoms with van der Waals surface area (Å²) in [5.74, 6) is 3.53. The van der Waals surface area contributed by atoms with Crippen molar-refractivity contribution in [3.8, 4) is 33.7 Å². The zero-order valence-electron chi connectivity index (χ0n) is 14.5. The first kappa shape index (κ1) is 16.3. The van der Waals surface area contributed by atoms with Gasteiger partial charge in [-0.2, -0.15) is 0 Å². The molecule has 0 aliphatic rings. The molecule has 0 aliphatic heterocycles. The molecular weight excluding hydrogens is 304 g/mol. The first-order valence-corrected chi connectivity index (χ1v) is 11.8. The molecule has 3 aromatic carbocycles. The zero-order chi connectivity index (χ0) is 17.0. The Kier molecular flexibility index (Phi) is 4.69. The summed E-state index contributed by atoms with van der Waals surface area (Å²) in [6.45, 7) is 6.86. The van der Waals surface area contributed by atoms with Crippen molar-refractivity contribution in [3.63, 3.8) is 0 Å². The van der Waals surface area contributed by atoms with Crippen molar-refractivity contribution in [2.24, 2.45) is 0 Å². The Morgan fingerprint density at radius 2 is 1.04 bits per heavy atom. The van der Waals surface area contributed by atoms with E-state index in [1.54, 1.807) is 0 Å². The largest absolute Gasteiger partial charge is 0.129 e. The summed E-state index contributed by atoms with van der Waals surface area (Å²) in [5, 5.41) is 0. The predicted molar refractivity (Wildman–Crippen MR) is 108 cm³/mol. The standard InChI is InChI=1S/C23H22Si/c1-24(2,3)18-17-23-21(19-11-6-4-7-12-19)15-10-16-22(23)20-13-8-5-9-14-20/h4-16H,1-3H3. The van der Waals surface area contributed by atoms with Gasteiger partial charge in [0.1, 0.15) is 8.07 Å². The van der Waals surface area contributed by atoms with E-state index in [1.165, 1.54) is 22.3 Å². The smallest absolute Gasteiger partial charge is 0.127 e. The van der Waals surface area contributed by atoms with Gasteiger partial charge in [-0.1, -0.05) is 104 Å². The van der Waals surface area contributed by atoms with Gasteiger partial charge in [0, 0.05) is 5.56 Å². The van der Waals surface area contributed by atoms with Crippen LogP contribution in [0.4, 0.5) is 0 Å². The van der Waals surface area contributed by atoms with Crippen molar-refractivity contribution < 1.29 is 0 Å². The van der Waals surface area contributed by atoms with E-state index in [0.717, 1.165) is 5.56 Å². The molecule has 0 saturated heterocycles. The van der Waals surface area contributed by atoms with Gasteiger partial charge in [0.05, 0.1) is 0 Å². The van der Waals surface area contributed by atoms with Crippen molar-refractivity contribution in [3.05, 3.63) is 84.4 Å². The summed E-state index contributed by atoms with van der Waals surface area (Å²) in [6.07, 6.45) is 0. The van der Waals surface area contributed by atoms with Gasteiger partial charge in [-0.05, 0) is 22.3 Å². The van der Waals surface area contributed by atoms with Crippen LogP contribution in [0.1, 0.15) is 5.56 Å². The molecule has 3 aromatic rings. The molecule has 1 heteroatoms. The number of rotatable bonds is 2. The van der Waals surface area contributed by atoms with Gasteiger partial charge >= 0.3 is 0 Å². The number of benzene rings is 3. The topological polar surface area (TPSA) is 0 Å². The summed E-state index contributed by atoms with van der Waals surface area (Å²) in [6, 6.07) is 27.6. The second-order valence-electron chi connectivity index (χ2n) is 6.96. The van der Waals surface area contributed by atoms with Gasteiger partial charge < -0.3 is 0 Å². The second-order valence-corrected chi connectivity index (χ2v) is 11.7. The lowest BCUT2D eigenvalue weighted by molar-refractivity contribution is 1.55. The van der Waals surface area contributed by atoms with E-state index < -0.39 is 8.07 Å². The first-order chi connectivity index (χ1) is 11.5. The number of hydrogen-bond acceptors (Lipinski definition) is 0. The van der Waals surface area contributed by atoms with Crippen molar-refractivity contribution in [1.82, 2.24) is 0 Å². The highest BCUT2D eigenvalue weighted by Crippen LogP contribution is 2.31. The molecule has 0 heterocycles. The van der Waals surface area contributed by atoms with Crippen LogP contribution in [0, 0.1) is 11.5 Å². The number of hydrogen-bond donors (Lipinski definition) is 0. The third-order valence-electron chi connectivity index (χ3n) is 3.80. The van der Waals surface area contributed by atoms with E-state index in [9.17, 15) is 0 Å². The molecule has 0 atom stereocenters. The van der Waals surface area contributed by atoms with Crippen LogP contribution in [0.25, 0.3) is 22.3 Å². The van der Waals surface area contributed by atoms with Crippen LogP contribution in [-0.4, -0.2) is 8.07 Å². The monoisotopic (exact) mass is 326 g/mol. The molecule has 3 rings (SSSR count). The van der Waals surface area contributed by atoms with Crippen LogP contribution in [0.3, 0.4) is 0 Å². The van der Waals surface area contributed by atoms with Crippen LogP contribution in [-0.2, 0) is 0 Å². The highest BCUT2D eigenvalue weighted by atomic mass is 28.3. The Labute approximate surface area is 146 Å². The maximum atomic E-state index is 3.55. The van der Waals surface area contributed by atoms with Crippen LogP contribution in [0.2, 0.25) is 19.6 Å². The molecule has 0 spiro atoms. The Morgan fingerprint density at radius 3 is 1.46 bits per heavy atom. The fourth-order valence-electron chi connectivity index (χ4n) is 2.65. The summed E-state index contributed by atoms with van der Waals surface area (Å²) >= 11 is 0. The molecule has 0 nitrogen and oxygen atoms in total. The molecule has 0 radical (unpaired) electrons. The van der Waals surface area contributed by atoms with E-state index >= 15 is 0 Å². The van der Waals surface area contributed by atoms with Gasteiger partial charge in [0.15, 0.2) is 0 Å². The normalized spacial score (nSPS) is 10.8. The molecule has 0 unspecified atom stereocenters. The van der Waals surface area contributed by atoms with Crippen LogP contribution in [0.5, 0.6) is 0 Å². The van der Waals surface area contributed by atoms with Gasteiger partial charge in [0.25, 0.3) is 0 Å². The van der Waals surface area contributed by atoms with E-state index in [-0.39, 0.29) is 0 Å². The molecule has 0 amide bonds. The molecular formula is C23H22Si. The third-order valence-corrected chi connectivity index (χ3v) is 4.67. The fraction of sp³-hybridized carbons (Fsp3) is 0.130. The Bertz CT molecular complexity index is 818. The highest BCUT2D eigenvalue weighted by molar-refractivity contribution is 6.83. The van der Waals surface area contributed by atoms with Crippen molar-refractivity contribution >= 4 is 8.07 Å². The molecule has 0 bridgehead atoms. The van der Waals surface area contributed by atoms with Crippen LogP contribution in [0.15, 0.2) is 78.9 Å². The Hall–Kier alpha value is -2.56. The summed E-state index contributed by atoms with van der Waals surface area (Å²) in [4.78, 5) is 0. The summed E-state index contributed by atoms with van der Waals surface area (Å²) < 4.78 is 0.